The number of hydrogen-bond donors (Lipinski definition) is 1. The first-order chi connectivity index (χ1) is 9.74. The largest absolute Gasteiger partial charge is 0.458 e. The van der Waals surface area contributed by atoms with Crippen molar-refractivity contribution in [1.82, 2.24) is 5.32 Å². The maximum atomic E-state index is 12.9. The molecule has 0 aromatic heterocycles. The maximum absolute atomic E-state index is 12.9. The van der Waals surface area contributed by atoms with Crippen molar-refractivity contribution in [3.63, 3.8) is 0 Å². The number of rotatable bonds is 3. The van der Waals surface area contributed by atoms with Crippen molar-refractivity contribution in [3.8, 4) is 0 Å². The van der Waals surface area contributed by atoms with Gasteiger partial charge in [0.1, 0.15) is 17.5 Å². The van der Waals surface area contributed by atoms with Crippen molar-refractivity contribution >= 4 is 11.9 Å². The summed E-state index contributed by atoms with van der Waals surface area (Å²) in [5.74, 6) is -1.04. The zero-order chi connectivity index (χ0) is 15.6. The second kappa shape index (κ2) is 5.84. The van der Waals surface area contributed by atoms with Crippen LogP contribution >= 0.6 is 0 Å². The monoisotopic (exact) mass is 293 g/mol. The van der Waals surface area contributed by atoms with E-state index < -0.39 is 17.6 Å². The number of benzene rings is 1. The molecule has 0 bridgehead atoms. The number of nitrogens with one attached hydrogen (secondary N) is 1. The third-order valence-corrected chi connectivity index (χ3v) is 3.31. The molecule has 114 valence electrons. The molecule has 1 amide bonds. The van der Waals surface area contributed by atoms with E-state index in [9.17, 15) is 14.0 Å². The third kappa shape index (κ3) is 4.28. The number of carbonyl (C=O) groups is 2. The zero-order valence-corrected chi connectivity index (χ0v) is 12.5. The lowest BCUT2D eigenvalue weighted by atomic mass is 9.92. The van der Waals surface area contributed by atoms with E-state index in [4.69, 9.17) is 4.74 Å². The van der Waals surface area contributed by atoms with E-state index >= 15 is 0 Å². The van der Waals surface area contributed by atoms with Crippen molar-refractivity contribution < 1.29 is 18.7 Å². The number of halogens is 1. The summed E-state index contributed by atoms with van der Waals surface area (Å²) in [6.45, 7) is 5.37. The van der Waals surface area contributed by atoms with Crippen LogP contribution in [0.2, 0.25) is 0 Å². The van der Waals surface area contributed by atoms with Crippen LogP contribution in [0.15, 0.2) is 24.3 Å². The Bertz CT molecular complexity index is 533. The average Bonchev–Trinajstić information content (AvgIpc) is 2.71. The van der Waals surface area contributed by atoms with Crippen molar-refractivity contribution in [2.24, 2.45) is 5.92 Å². The predicted molar refractivity (Wildman–Crippen MR) is 76.0 cm³/mol. The Hall–Kier alpha value is -1.91. The van der Waals surface area contributed by atoms with Gasteiger partial charge in [0.15, 0.2) is 0 Å². The van der Waals surface area contributed by atoms with Gasteiger partial charge in [-0.25, -0.2) is 9.18 Å². The van der Waals surface area contributed by atoms with Crippen LogP contribution in [-0.4, -0.2) is 23.5 Å². The highest BCUT2D eigenvalue weighted by Gasteiger charge is 2.39. The molecule has 1 aliphatic heterocycles. The first kappa shape index (κ1) is 15.5. The van der Waals surface area contributed by atoms with Gasteiger partial charge in [-0.3, -0.25) is 4.79 Å². The molecule has 1 aromatic carbocycles. The van der Waals surface area contributed by atoms with Gasteiger partial charge in [0.25, 0.3) is 0 Å². The highest BCUT2D eigenvalue weighted by atomic mass is 19.1. The van der Waals surface area contributed by atoms with Crippen LogP contribution in [0.3, 0.4) is 0 Å². The number of carbonyl (C=O) groups excluding carboxylic acids is 2. The van der Waals surface area contributed by atoms with E-state index in [1.165, 1.54) is 12.1 Å². The van der Waals surface area contributed by atoms with Crippen LogP contribution in [0.1, 0.15) is 32.8 Å². The van der Waals surface area contributed by atoms with Crippen LogP contribution in [0.25, 0.3) is 0 Å². The molecular weight excluding hydrogens is 273 g/mol. The fourth-order valence-corrected chi connectivity index (χ4v) is 2.44. The van der Waals surface area contributed by atoms with Gasteiger partial charge >= 0.3 is 5.97 Å². The van der Waals surface area contributed by atoms with E-state index in [0.717, 1.165) is 5.56 Å². The second-order valence-corrected chi connectivity index (χ2v) is 6.37. The molecule has 1 fully saturated rings. The first-order valence-electron chi connectivity index (χ1n) is 7.01. The quantitative estimate of drug-likeness (QED) is 0.869. The van der Waals surface area contributed by atoms with Gasteiger partial charge < -0.3 is 10.1 Å². The van der Waals surface area contributed by atoms with Gasteiger partial charge in [0, 0.05) is 12.3 Å². The summed E-state index contributed by atoms with van der Waals surface area (Å²) in [7, 11) is 0. The summed E-state index contributed by atoms with van der Waals surface area (Å²) in [5, 5.41) is 2.67. The van der Waals surface area contributed by atoms with E-state index in [2.05, 4.69) is 5.32 Å². The fourth-order valence-electron chi connectivity index (χ4n) is 2.44. The Labute approximate surface area is 123 Å². The van der Waals surface area contributed by atoms with Crippen molar-refractivity contribution in [2.75, 3.05) is 0 Å². The molecule has 0 unspecified atom stereocenters. The standard InChI is InChI=1S/C16H20FNO3/c1-16(2,3)21-15(20)14-11(9-13(19)18-14)8-10-4-6-12(17)7-5-10/h4-7,11,14H,8-9H2,1-3H3,(H,18,19)/t11-,14-/m0/s1. The minimum atomic E-state index is -0.637. The molecule has 2 rings (SSSR count). The minimum Gasteiger partial charge on any atom is -0.458 e. The van der Waals surface area contributed by atoms with Crippen LogP contribution in [-0.2, 0) is 20.7 Å². The average molecular weight is 293 g/mol. The molecule has 1 aliphatic rings. The van der Waals surface area contributed by atoms with Gasteiger partial charge in [-0.05, 0) is 44.9 Å². The lowest BCUT2D eigenvalue weighted by Crippen LogP contribution is -2.42. The normalized spacial score (nSPS) is 22.0. The Morgan fingerprint density at radius 3 is 2.52 bits per heavy atom. The Morgan fingerprint density at radius 2 is 1.95 bits per heavy atom. The van der Waals surface area contributed by atoms with Gasteiger partial charge in [0.05, 0.1) is 0 Å². The van der Waals surface area contributed by atoms with Crippen molar-refractivity contribution in [1.29, 1.82) is 0 Å². The summed E-state index contributed by atoms with van der Waals surface area (Å²) in [5.41, 5.74) is 0.302. The molecule has 0 aliphatic carbocycles. The first-order valence-corrected chi connectivity index (χ1v) is 7.01. The SMILES string of the molecule is CC(C)(C)OC(=O)[C@H]1NC(=O)C[C@@H]1Cc1ccc(F)cc1. The van der Waals surface area contributed by atoms with Crippen molar-refractivity contribution in [2.45, 2.75) is 45.3 Å². The summed E-state index contributed by atoms with van der Waals surface area (Å²) >= 11 is 0. The fraction of sp³-hybridized carbons (Fsp3) is 0.500. The molecule has 4 nitrogen and oxygen atoms in total. The predicted octanol–water partition coefficient (Wildman–Crippen LogP) is 2.21. The van der Waals surface area contributed by atoms with E-state index in [0.29, 0.717) is 6.42 Å². The van der Waals surface area contributed by atoms with Crippen LogP contribution in [0.5, 0.6) is 0 Å². The van der Waals surface area contributed by atoms with Crippen LogP contribution < -0.4 is 5.32 Å². The zero-order valence-electron chi connectivity index (χ0n) is 12.5. The van der Waals surface area contributed by atoms with Crippen LogP contribution in [0, 0.1) is 11.7 Å². The van der Waals surface area contributed by atoms with Gasteiger partial charge in [-0.2, -0.15) is 0 Å². The number of ether oxygens (including phenoxy) is 1. The lowest BCUT2D eigenvalue weighted by Gasteiger charge is -2.24. The highest BCUT2D eigenvalue weighted by Crippen LogP contribution is 2.24. The molecule has 0 spiro atoms. The summed E-state index contributed by atoms with van der Waals surface area (Å²) in [4.78, 5) is 23.8. The molecule has 5 heteroatoms. The Balaban J connectivity index is 2.08. The molecule has 1 saturated heterocycles. The number of amides is 1. The highest BCUT2D eigenvalue weighted by molar-refractivity contribution is 5.89. The number of hydrogen-bond acceptors (Lipinski definition) is 3. The number of esters is 1. The molecule has 0 radical (unpaired) electrons. The molecule has 1 heterocycles. The molecule has 21 heavy (non-hydrogen) atoms. The van der Waals surface area contributed by atoms with Gasteiger partial charge in [-0.1, -0.05) is 12.1 Å². The molecule has 1 N–H and O–H groups in total. The van der Waals surface area contributed by atoms with E-state index in [1.54, 1.807) is 32.9 Å². The summed E-state index contributed by atoms with van der Waals surface area (Å²) in [6.07, 6.45) is 0.810. The smallest absolute Gasteiger partial charge is 0.329 e. The van der Waals surface area contributed by atoms with Gasteiger partial charge in [-0.15, -0.1) is 0 Å². The summed E-state index contributed by atoms with van der Waals surface area (Å²) in [6, 6.07) is 5.46. The van der Waals surface area contributed by atoms with Gasteiger partial charge in [0.2, 0.25) is 5.91 Å². The Morgan fingerprint density at radius 1 is 1.33 bits per heavy atom. The molecule has 0 saturated carbocycles. The van der Waals surface area contributed by atoms with E-state index in [-0.39, 0.29) is 24.1 Å². The molecule has 1 aromatic rings. The van der Waals surface area contributed by atoms with E-state index in [1.807, 2.05) is 0 Å². The molecular formula is C16H20FNO3. The topological polar surface area (TPSA) is 55.4 Å². The summed E-state index contributed by atoms with van der Waals surface area (Å²) < 4.78 is 18.3. The molecule has 2 atom stereocenters. The maximum Gasteiger partial charge on any atom is 0.329 e. The van der Waals surface area contributed by atoms with Crippen LogP contribution in [0.4, 0.5) is 4.39 Å². The minimum absolute atomic E-state index is 0.155. The third-order valence-electron chi connectivity index (χ3n) is 3.31. The lowest BCUT2D eigenvalue weighted by molar-refractivity contribution is -0.158. The second-order valence-electron chi connectivity index (χ2n) is 6.37. The Kier molecular flexibility index (Phi) is 4.30. The van der Waals surface area contributed by atoms with Crippen molar-refractivity contribution in [3.05, 3.63) is 35.6 Å².